The summed E-state index contributed by atoms with van der Waals surface area (Å²) in [6, 6.07) is 9.69. The van der Waals surface area contributed by atoms with Crippen LogP contribution in [0, 0.1) is 0 Å². The van der Waals surface area contributed by atoms with Gasteiger partial charge in [-0.15, -0.1) is 11.8 Å². The summed E-state index contributed by atoms with van der Waals surface area (Å²) in [4.78, 5) is 24.2. The lowest BCUT2D eigenvalue weighted by Gasteiger charge is -2.14. The second-order valence-corrected chi connectivity index (χ2v) is 7.06. The van der Waals surface area contributed by atoms with Gasteiger partial charge in [0.1, 0.15) is 0 Å². The number of carbonyl (C=O) groups excluding carboxylic acids is 2. The predicted octanol–water partition coefficient (Wildman–Crippen LogP) is 5.29. The number of ether oxygens (including phenoxy) is 1. The molecular formula is C17H12Cl2F3NO3S. The number of benzene rings is 2. The first-order valence-corrected chi connectivity index (χ1v) is 9.10. The van der Waals surface area contributed by atoms with E-state index in [-0.39, 0.29) is 10.8 Å². The molecule has 2 aromatic rings. The highest BCUT2D eigenvalue weighted by Crippen LogP contribution is 2.36. The van der Waals surface area contributed by atoms with E-state index in [1.54, 1.807) is 24.3 Å². The van der Waals surface area contributed by atoms with Crippen LogP contribution < -0.4 is 5.32 Å². The standard InChI is InChI=1S/C17H12Cl2F3NO3S/c18-10-1-4-12(5-2-10)27-9-16(25)26-8-15(24)23-14-6-3-11(19)7-13(14)17(20,21)22/h1-7H,8-9H2,(H,23,24). The average Bonchev–Trinajstić information content (AvgIpc) is 2.60. The van der Waals surface area contributed by atoms with Crippen LogP contribution in [0.4, 0.5) is 18.9 Å². The normalized spacial score (nSPS) is 11.1. The van der Waals surface area contributed by atoms with E-state index in [0.717, 1.165) is 11.0 Å². The van der Waals surface area contributed by atoms with Crippen molar-refractivity contribution in [2.24, 2.45) is 0 Å². The summed E-state index contributed by atoms with van der Waals surface area (Å²) in [6.07, 6.45) is -4.70. The molecule has 0 aliphatic carbocycles. The maximum atomic E-state index is 13.0. The summed E-state index contributed by atoms with van der Waals surface area (Å²) in [5, 5.41) is 2.50. The molecule has 0 bridgehead atoms. The number of thioether (sulfide) groups is 1. The molecule has 1 N–H and O–H groups in total. The molecule has 0 spiro atoms. The lowest BCUT2D eigenvalue weighted by Crippen LogP contribution is -2.23. The SMILES string of the molecule is O=C(COC(=O)CSc1ccc(Cl)cc1)Nc1ccc(Cl)cc1C(F)(F)F. The zero-order valence-corrected chi connectivity index (χ0v) is 15.8. The average molecular weight is 438 g/mol. The lowest BCUT2D eigenvalue weighted by molar-refractivity contribution is -0.144. The number of halogens is 5. The number of esters is 1. The van der Waals surface area contributed by atoms with Gasteiger partial charge in [0.15, 0.2) is 6.61 Å². The fourth-order valence-corrected chi connectivity index (χ4v) is 2.90. The second kappa shape index (κ2) is 9.34. The molecule has 0 aliphatic rings. The van der Waals surface area contributed by atoms with Crippen LogP contribution in [-0.2, 0) is 20.5 Å². The van der Waals surface area contributed by atoms with Crippen molar-refractivity contribution in [3.63, 3.8) is 0 Å². The Hall–Kier alpha value is -1.90. The van der Waals surface area contributed by atoms with Crippen LogP contribution in [0.15, 0.2) is 47.4 Å². The highest BCUT2D eigenvalue weighted by Gasteiger charge is 2.34. The molecule has 0 saturated carbocycles. The first-order valence-electron chi connectivity index (χ1n) is 7.36. The van der Waals surface area contributed by atoms with Crippen molar-refractivity contribution in [2.45, 2.75) is 11.1 Å². The van der Waals surface area contributed by atoms with Crippen LogP contribution in [0.25, 0.3) is 0 Å². The summed E-state index contributed by atoms with van der Waals surface area (Å²) in [7, 11) is 0. The molecule has 2 rings (SSSR count). The van der Waals surface area contributed by atoms with E-state index in [9.17, 15) is 22.8 Å². The van der Waals surface area contributed by atoms with Crippen molar-refractivity contribution in [1.29, 1.82) is 0 Å². The molecule has 1 amide bonds. The Labute approximate surface area is 167 Å². The maximum absolute atomic E-state index is 13.0. The number of anilines is 1. The third-order valence-electron chi connectivity index (χ3n) is 3.10. The highest BCUT2D eigenvalue weighted by atomic mass is 35.5. The zero-order chi connectivity index (χ0) is 20.0. The van der Waals surface area contributed by atoms with E-state index in [4.69, 9.17) is 27.9 Å². The van der Waals surface area contributed by atoms with E-state index in [1.807, 2.05) is 0 Å². The minimum Gasteiger partial charge on any atom is -0.455 e. The summed E-state index contributed by atoms with van der Waals surface area (Å²) >= 11 is 12.5. The van der Waals surface area contributed by atoms with Crippen LogP contribution in [0.1, 0.15) is 5.56 Å². The zero-order valence-electron chi connectivity index (χ0n) is 13.5. The molecule has 0 aliphatic heterocycles. The van der Waals surface area contributed by atoms with E-state index >= 15 is 0 Å². The van der Waals surface area contributed by atoms with Gasteiger partial charge in [0.25, 0.3) is 5.91 Å². The molecular weight excluding hydrogens is 426 g/mol. The number of alkyl halides is 3. The monoisotopic (exact) mass is 437 g/mol. The Balaban J connectivity index is 1.85. The number of amides is 1. The van der Waals surface area contributed by atoms with Gasteiger partial charge in [-0.25, -0.2) is 0 Å². The summed E-state index contributed by atoms with van der Waals surface area (Å²) in [5.74, 6) is -1.64. The summed E-state index contributed by atoms with van der Waals surface area (Å²) < 4.78 is 43.7. The van der Waals surface area contributed by atoms with Crippen molar-refractivity contribution < 1.29 is 27.5 Å². The molecule has 144 valence electrons. The number of carbonyl (C=O) groups is 2. The quantitative estimate of drug-likeness (QED) is 0.492. The predicted molar refractivity (Wildman–Crippen MR) is 98.2 cm³/mol. The number of hydrogen-bond donors (Lipinski definition) is 1. The van der Waals surface area contributed by atoms with Crippen LogP contribution in [0.2, 0.25) is 10.0 Å². The molecule has 0 unspecified atom stereocenters. The minimum atomic E-state index is -4.70. The molecule has 10 heteroatoms. The van der Waals surface area contributed by atoms with Crippen molar-refractivity contribution in [2.75, 3.05) is 17.7 Å². The van der Waals surface area contributed by atoms with E-state index < -0.39 is 35.9 Å². The molecule has 2 aromatic carbocycles. The Morgan fingerprint density at radius 1 is 1.04 bits per heavy atom. The molecule has 4 nitrogen and oxygen atoms in total. The minimum absolute atomic E-state index is 0.0658. The molecule has 0 radical (unpaired) electrons. The molecule has 0 fully saturated rings. The second-order valence-electron chi connectivity index (χ2n) is 5.14. The van der Waals surface area contributed by atoms with Gasteiger partial charge in [-0.3, -0.25) is 9.59 Å². The van der Waals surface area contributed by atoms with Crippen molar-refractivity contribution in [3.8, 4) is 0 Å². The Bertz CT molecular complexity index is 829. The van der Waals surface area contributed by atoms with Crippen LogP contribution in [0.3, 0.4) is 0 Å². The maximum Gasteiger partial charge on any atom is 0.418 e. The van der Waals surface area contributed by atoms with Crippen LogP contribution in [0.5, 0.6) is 0 Å². The smallest absolute Gasteiger partial charge is 0.418 e. The number of hydrogen-bond acceptors (Lipinski definition) is 4. The fraction of sp³-hybridized carbons (Fsp3) is 0.176. The highest BCUT2D eigenvalue weighted by molar-refractivity contribution is 8.00. The first kappa shape index (κ1) is 21.4. The topological polar surface area (TPSA) is 55.4 Å². The van der Waals surface area contributed by atoms with Gasteiger partial charge < -0.3 is 10.1 Å². The first-order chi connectivity index (χ1) is 12.6. The van der Waals surface area contributed by atoms with Gasteiger partial charge in [0, 0.05) is 14.9 Å². The lowest BCUT2D eigenvalue weighted by atomic mass is 10.1. The third-order valence-corrected chi connectivity index (χ3v) is 4.57. The Kier molecular flexibility index (Phi) is 7.41. The Morgan fingerprint density at radius 2 is 1.67 bits per heavy atom. The fourth-order valence-electron chi connectivity index (χ4n) is 1.91. The Morgan fingerprint density at radius 3 is 2.30 bits per heavy atom. The summed E-state index contributed by atoms with van der Waals surface area (Å²) in [6.45, 7) is -0.708. The van der Waals surface area contributed by atoms with Crippen LogP contribution >= 0.6 is 35.0 Å². The van der Waals surface area contributed by atoms with E-state index in [1.165, 1.54) is 17.8 Å². The number of rotatable bonds is 6. The van der Waals surface area contributed by atoms with E-state index in [2.05, 4.69) is 5.32 Å². The van der Waals surface area contributed by atoms with Gasteiger partial charge in [0.05, 0.1) is 17.0 Å². The van der Waals surface area contributed by atoms with Gasteiger partial charge in [-0.1, -0.05) is 23.2 Å². The number of nitrogens with one attached hydrogen (secondary N) is 1. The molecule has 0 saturated heterocycles. The van der Waals surface area contributed by atoms with Crippen molar-refractivity contribution >= 4 is 52.5 Å². The van der Waals surface area contributed by atoms with Gasteiger partial charge >= 0.3 is 12.1 Å². The third kappa shape index (κ3) is 6.97. The largest absolute Gasteiger partial charge is 0.455 e. The van der Waals surface area contributed by atoms with Crippen LogP contribution in [-0.4, -0.2) is 24.2 Å². The van der Waals surface area contributed by atoms with Gasteiger partial charge in [-0.2, -0.15) is 13.2 Å². The van der Waals surface area contributed by atoms with E-state index in [0.29, 0.717) is 11.1 Å². The molecule has 0 atom stereocenters. The van der Waals surface area contributed by atoms with Gasteiger partial charge in [-0.05, 0) is 42.5 Å². The molecule has 0 aromatic heterocycles. The van der Waals surface area contributed by atoms with Gasteiger partial charge in [0.2, 0.25) is 0 Å². The summed E-state index contributed by atoms with van der Waals surface area (Å²) in [5.41, 5.74) is -1.56. The van der Waals surface area contributed by atoms with Crippen molar-refractivity contribution in [1.82, 2.24) is 0 Å². The van der Waals surface area contributed by atoms with Crippen molar-refractivity contribution in [3.05, 3.63) is 58.1 Å². The molecule has 27 heavy (non-hydrogen) atoms. The molecule has 0 heterocycles.